The number of hydrogen-bond acceptors (Lipinski definition) is 3. The molecule has 0 aliphatic heterocycles. The van der Waals surface area contributed by atoms with Gasteiger partial charge in [0.05, 0.1) is 0 Å². The first-order chi connectivity index (χ1) is 9.78. The maximum atomic E-state index is 6.02. The number of aryl methyl sites for hydroxylation is 1. The number of rotatable bonds is 8. The predicted octanol–water partition coefficient (Wildman–Crippen LogP) is 5.10. The van der Waals surface area contributed by atoms with E-state index in [0.717, 1.165) is 23.7 Å². The van der Waals surface area contributed by atoms with Crippen molar-refractivity contribution in [1.82, 2.24) is 5.32 Å². The minimum absolute atomic E-state index is 0.545. The molecular weight excluding hydrogens is 306 g/mol. The third-order valence-corrected chi connectivity index (χ3v) is 5.23. The van der Waals surface area contributed by atoms with Gasteiger partial charge >= 0.3 is 0 Å². The Morgan fingerprint density at radius 3 is 2.95 bits per heavy atom. The number of thioether (sulfide) groups is 1. The van der Waals surface area contributed by atoms with Crippen molar-refractivity contribution in [3.05, 3.63) is 51.7 Å². The van der Waals surface area contributed by atoms with Gasteiger partial charge in [-0.1, -0.05) is 24.6 Å². The highest BCUT2D eigenvalue weighted by Gasteiger charge is 2.09. The van der Waals surface area contributed by atoms with E-state index in [9.17, 15) is 0 Å². The summed E-state index contributed by atoms with van der Waals surface area (Å²) >= 11 is 9.67. The fourth-order valence-corrected chi connectivity index (χ4v) is 4.08. The summed E-state index contributed by atoms with van der Waals surface area (Å²) in [5, 5.41) is 8.79. The first-order valence-electron chi connectivity index (χ1n) is 6.90. The maximum absolute atomic E-state index is 6.02. The van der Waals surface area contributed by atoms with E-state index in [1.165, 1.54) is 16.9 Å². The molecule has 108 valence electrons. The van der Waals surface area contributed by atoms with Crippen molar-refractivity contribution in [2.45, 2.75) is 30.7 Å². The zero-order valence-corrected chi connectivity index (χ0v) is 14.0. The summed E-state index contributed by atoms with van der Waals surface area (Å²) in [6, 6.07) is 10.9. The van der Waals surface area contributed by atoms with Gasteiger partial charge in [-0.3, -0.25) is 0 Å². The average molecular weight is 326 g/mol. The van der Waals surface area contributed by atoms with E-state index in [1.54, 1.807) is 11.3 Å². The Morgan fingerprint density at radius 1 is 1.35 bits per heavy atom. The summed E-state index contributed by atoms with van der Waals surface area (Å²) in [7, 11) is 0. The average Bonchev–Trinajstić information content (AvgIpc) is 2.95. The molecule has 1 aromatic heterocycles. The Balaban J connectivity index is 1.82. The minimum atomic E-state index is 0.545. The molecule has 0 bridgehead atoms. The lowest BCUT2D eigenvalue weighted by atomic mass is 10.1. The Hall–Kier alpha value is -0.480. The van der Waals surface area contributed by atoms with Crippen LogP contribution in [0.3, 0.4) is 0 Å². The topological polar surface area (TPSA) is 12.0 Å². The second-order valence-electron chi connectivity index (χ2n) is 4.69. The molecule has 4 heteroatoms. The molecule has 1 nitrogen and oxygen atoms in total. The molecule has 1 aromatic carbocycles. The van der Waals surface area contributed by atoms with Gasteiger partial charge in [0.1, 0.15) is 0 Å². The van der Waals surface area contributed by atoms with E-state index in [-0.39, 0.29) is 0 Å². The van der Waals surface area contributed by atoms with Gasteiger partial charge in [0.25, 0.3) is 0 Å². The van der Waals surface area contributed by atoms with Crippen LogP contribution in [-0.4, -0.2) is 18.3 Å². The second-order valence-corrected chi connectivity index (χ2v) is 7.00. The number of halogens is 1. The van der Waals surface area contributed by atoms with Crippen molar-refractivity contribution in [1.29, 1.82) is 0 Å². The third-order valence-electron chi connectivity index (χ3n) is 3.10. The number of benzene rings is 1. The van der Waals surface area contributed by atoms with E-state index in [0.29, 0.717) is 6.04 Å². The Labute approximate surface area is 134 Å². The van der Waals surface area contributed by atoms with Gasteiger partial charge in [0.15, 0.2) is 0 Å². The molecule has 0 saturated heterocycles. The van der Waals surface area contributed by atoms with E-state index in [2.05, 4.69) is 35.1 Å². The molecule has 0 saturated carbocycles. The normalized spacial score (nSPS) is 12.5. The molecule has 20 heavy (non-hydrogen) atoms. The van der Waals surface area contributed by atoms with Gasteiger partial charge in [-0.05, 0) is 60.0 Å². The highest BCUT2D eigenvalue weighted by molar-refractivity contribution is 7.99. The van der Waals surface area contributed by atoms with Crippen LogP contribution in [0.15, 0.2) is 46.0 Å². The molecule has 0 amide bonds. The molecule has 2 rings (SSSR count). The standard InChI is InChI=1S/C16H20ClNS2/c1-2-18-15(7-6-13-8-9-19-11-13)12-20-16-5-3-4-14(17)10-16/h3-5,8-11,15,18H,2,6-7,12H2,1H3. The molecule has 1 atom stereocenters. The predicted molar refractivity (Wildman–Crippen MR) is 92.3 cm³/mol. The van der Waals surface area contributed by atoms with Crippen molar-refractivity contribution < 1.29 is 0 Å². The second kappa shape index (κ2) is 8.73. The van der Waals surface area contributed by atoms with Gasteiger partial charge < -0.3 is 5.32 Å². The highest BCUT2D eigenvalue weighted by Crippen LogP contribution is 2.23. The van der Waals surface area contributed by atoms with Gasteiger partial charge in [0.2, 0.25) is 0 Å². The molecule has 1 unspecified atom stereocenters. The van der Waals surface area contributed by atoms with Crippen LogP contribution >= 0.6 is 34.7 Å². The molecule has 0 aliphatic carbocycles. The van der Waals surface area contributed by atoms with Gasteiger partial charge in [-0.25, -0.2) is 0 Å². The minimum Gasteiger partial charge on any atom is -0.313 e. The molecule has 2 aromatic rings. The van der Waals surface area contributed by atoms with Gasteiger partial charge in [-0.15, -0.1) is 11.8 Å². The summed E-state index contributed by atoms with van der Waals surface area (Å²) in [5.74, 6) is 1.08. The number of thiophene rings is 1. The first kappa shape index (κ1) is 15.9. The third kappa shape index (κ3) is 5.49. The summed E-state index contributed by atoms with van der Waals surface area (Å²) in [6.45, 7) is 3.19. The lowest BCUT2D eigenvalue weighted by molar-refractivity contribution is 0.538. The number of hydrogen-bond donors (Lipinski definition) is 1. The van der Waals surface area contributed by atoms with Crippen LogP contribution in [0.4, 0.5) is 0 Å². The quantitative estimate of drug-likeness (QED) is 0.677. The van der Waals surface area contributed by atoms with Crippen LogP contribution in [-0.2, 0) is 6.42 Å². The van der Waals surface area contributed by atoms with E-state index in [1.807, 2.05) is 30.0 Å². The summed E-state index contributed by atoms with van der Waals surface area (Å²) in [4.78, 5) is 1.25. The van der Waals surface area contributed by atoms with Crippen molar-refractivity contribution >= 4 is 34.7 Å². The molecule has 1 heterocycles. The van der Waals surface area contributed by atoms with Gasteiger partial charge in [0, 0.05) is 21.7 Å². The lowest BCUT2D eigenvalue weighted by Gasteiger charge is -2.17. The molecule has 0 fully saturated rings. The molecule has 1 N–H and O–H groups in total. The molecular formula is C16H20ClNS2. The summed E-state index contributed by atoms with van der Waals surface area (Å²) < 4.78 is 0. The zero-order valence-electron chi connectivity index (χ0n) is 11.6. The first-order valence-corrected chi connectivity index (χ1v) is 9.21. The van der Waals surface area contributed by atoms with Gasteiger partial charge in [-0.2, -0.15) is 11.3 Å². The monoisotopic (exact) mass is 325 g/mol. The van der Waals surface area contributed by atoms with E-state index in [4.69, 9.17) is 11.6 Å². The molecule has 0 spiro atoms. The Bertz CT molecular complexity index is 499. The zero-order chi connectivity index (χ0) is 14.2. The summed E-state index contributed by atoms with van der Waals surface area (Å²) in [6.07, 6.45) is 2.33. The van der Waals surface area contributed by atoms with E-state index >= 15 is 0 Å². The lowest BCUT2D eigenvalue weighted by Crippen LogP contribution is -2.31. The van der Waals surface area contributed by atoms with Crippen molar-refractivity contribution in [2.75, 3.05) is 12.3 Å². The van der Waals surface area contributed by atoms with Crippen molar-refractivity contribution in [3.8, 4) is 0 Å². The fourth-order valence-electron chi connectivity index (χ4n) is 2.06. The van der Waals surface area contributed by atoms with Crippen LogP contribution in [0, 0.1) is 0 Å². The van der Waals surface area contributed by atoms with Crippen LogP contribution in [0.25, 0.3) is 0 Å². The van der Waals surface area contributed by atoms with Crippen molar-refractivity contribution in [3.63, 3.8) is 0 Å². The van der Waals surface area contributed by atoms with Crippen LogP contribution in [0.1, 0.15) is 18.9 Å². The Kier molecular flexibility index (Phi) is 6.94. The Morgan fingerprint density at radius 2 is 2.25 bits per heavy atom. The molecule has 0 radical (unpaired) electrons. The van der Waals surface area contributed by atoms with Crippen molar-refractivity contribution in [2.24, 2.45) is 0 Å². The number of nitrogens with one attached hydrogen (secondary N) is 1. The van der Waals surface area contributed by atoms with Crippen LogP contribution in [0.5, 0.6) is 0 Å². The molecule has 0 aliphatic rings. The largest absolute Gasteiger partial charge is 0.313 e. The van der Waals surface area contributed by atoms with E-state index < -0.39 is 0 Å². The summed E-state index contributed by atoms with van der Waals surface area (Å²) in [5.41, 5.74) is 1.45. The highest BCUT2D eigenvalue weighted by atomic mass is 35.5. The maximum Gasteiger partial charge on any atom is 0.0417 e. The fraction of sp³-hybridized carbons (Fsp3) is 0.375. The smallest absolute Gasteiger partial charge is 0.0417 e. The van der Waals surface area contributed by atoms with Crippen LogP contribution < -0.4 is 5.32 Å². The SMILES string of the molecule is CCNC(CCc1ccsc1)CSc1cccc(Cl)c1. The van der Waals surface area contributed by atoms with Crippen LogP contribution in [0.2, 0.25) is 5.02 Å².